The van der Waals surface area contributed by atoms with Gasteiger partial charge in [-0.05, 0) is 49.2 Å². The summed E-state index contributed by atoms with van der Waals surface area (Å²) in [6.07, 6.45) is 5.68. The van der Waals surface area contributed by atoms with Crippen molar-refractivity contribution in [2.45, 2.75) is 25.3 Å². The maximum absolute atomic E-state index is 5.94. The summed E-state index contributed by atoms with van der Waals surface area (Å²) in [7, 11) is 1.69. The molecule has 1 unspecified atom stereocenters. The van der Waals surface area contributed by atoms with Crippen LogP contribution in [0.25, 0.3) is 11.5 Å². The zero-order valence-corrected chi connectivity index (χ0v) is 14.8. The summed E-state index contributed by atoms with van der Waals surface area (Å²) >= 11 is 0. The molecule has 1 aliphatic heterocycles. The van der Waals surface area contributed by atoms with Crippen LogP contribution in [-0.4, -0.2) is 40.3 Å². The maximum Gasteiger partial charge on any atom is 0.247 e. The lowest BCUT2D eigenvalue weighted by molar-refractivity contribution is 0.186. The van der Waals surface area contributed by atoms with Crippen molar-refractivity contribution < 1.29 is 9.15 Å². The van der Waals surface area contributed by atoms with Gasteiger partial charge in [0.05, 0.1) is 13.0 Å². The molecular weight excluding hydrogens is 328 g/mol. The Labute approximate surface area is 152 Å². The van der Waals surface area contributed by atoms with Crippen molar-refractivity contribution in [1.82, 2.24) is 20.1 Å². The second-order valence-electron chi connectivity index (χ2n) is 6.60. The number of likely N-dealkylation sites (tertiary alicyclic amines) is 1. The van der Waals surface area contributed by atoms with Gasteiger partial charge in [-0.1, -0.05) is 12.1 Å². The van der Waals surface area contributed by atoms with E-state index in [-0.39, 0.29) is 5.92 Å². The Morgan fingerprint density at radius 3 is 2.69 bits per heavy atom. The molecule has 0 radical (unpaired) electrons. The molecule has 0 amide bonds. The molecule has 1 aromatic carbocycles. The number of nitrogens with zero attached hydrogens (tertiary/aromatic N) is 4. The zero-order valence-electron chi connectivity index (χ0n) is 14.8. The molecule has 0 aliphatic carbocycles. The van der Waals surface area contributed by atoms with Crippen LogP contribution in [0.5, 0.6) is 5.75 Å². The van der Waals surface area contributed by atoms with Crippen LogP contribution in [0.15, 0.2) is 53.2 Å². The van der Waals surface area contributed by atoms with E-state index in [0.29, 0.717) is 5.89 Å². The molecule has 0 spiro atoms. The van der Waals surface area contributed by atoms with Crippen molar-refractivity contribution in [3.8, 4) is 17.2 Å². The molecule has 3 heterocycles. The number of hydrogen-bond acceptors (Lipinski definition) is 6. The summed E-state index contributed by atoms with van der Waals surface area (Å²) in [5.41, 5.74) is 2.19. The molecule has 1 aliphatic rings. The van der Waals surface area contributed by atoms with Gasteiger partial charge in [0.25, 0.3) is 0 Å². The number of ether oxygens (including phenoxy) is 1. The molecule has 1 fully saturated rings. The Balaban J connectivity index is 1.42. The van der Waals surface area contributed by atoms with E-state index in [2.05, 4.69) is 32.2 Å². The van der Waals surface area contributed by atoms with Gasteiger partial charge in [-0.2, -0.15) is 0 Å². The fraction of sp³-hybridized carbons (Fsp3) is 0.350. The van der Waals surface area contributed by atoms with Crippen LogP contribution >= 0.6 is 0 Å². The van der Waals surface area contributed by atoms with Crippen molar-refractivity contribution >= 4 is 0 Å². The van der Waals surface area contributed by atoms with Crippen LogP contribution < -0.4 is 4.74 Å². The van der Waals surface area contributed by atoms with Crippen molar-refractivity contribution in [2.24, 2.45) is 0 Å². The fourth-order valence-corrected chi connectivity index (χ4v) is 3.40. The Bertz CT molecular complexity index is 833. The first-order valence-corrected chi connectivity index (χ1v) is 8.91. The summed E-state index contributed by atoms with van der Waals surface area (Å²) in [5, 5.41) is 8.51. The summed E-state index contributed by atoms with van der Waals surface area (Å²) < 4.78 is 11.2. The quantitative estimate of drug-likeness (QED) is 0.701. The number of methoxy groups -OCH3 is 1. The minimum Gasteiger partial charge on any atom is -0.497 e. The smallest absolute Gasteiger partial charge is 0.247 e. The second-order valence-corrected chi connectivity index (χ2v) is 6.60. The van der Waals surface area contributed by atoms with Crippen molar-refractivity contribution in [2.75, 3.05) is 20.2 Å². The van der Waals surface area contributed by atoms with Crippen molar-refractivity contribution in [3.63, 3.8) is 0 Å². The van der Waals surface area contributed by atoms with Crippen LogP contribution in [0.4, 0.5) is 0 Å². The van der Waals surface area contributed by atoms with Gasteiger partial charge in [0.2, 0.25) is 11.8 Å². The Kier molecular flexibility index (Phi) is 4.93. The van der Waals surface area contributed by atoms with Crippen LogP contribution in [0.3, 0.4) is 0 Å². The highest BCUT2D eigenvalue weighted by Gasteiger charge is 2.26. The lowest BCUT2D eigenvalue weighted by Crippen LogP contribution is -2.34. The molecule has 6 nitrogen and oxygen atoms in total. The Hall–Kier alpha value is -2.73. The van der Waals surface area contributed by atoms with Gasteiger partial charge < -0.3 is 9.15 Å². The summed E-state index contributed by atoms with van der Waals surface area (Å²) in [6.45, 7) is 2.95. The molecule has 26 heavy (non-hydrogen) atoms. The Morgan fingerprint density at radius 2 is 1.92 bits per heavy atom. The van der Waals surface area contributed by atoms with Crippen molar-refractivity contribution in [3.05, 3.63) is 60.2 Å². The van der Waals surface area contributed by atoms with Gasteiger partial charge in [-0.15, -0.1) is 10.2 Å². The minimum atomic E-state index is 0.282. The number of pyridine rings is 1. The second kappa shape index (κ2) is 7.66. The highest BCUT2D eigenvalue weighted by atomic mass is 16.5. The van der Waals surface area contributed by atoms with Crippen LogP contribution in [-0.2, 0) is 6.54 Å². The zero-order chi connectivity index (χ0) is 17.8. The number of aromatic nitrogens is 3. The van der Waals surface area contributed by atoms with E-state index in [0.717, 1.165) is 49.7 Å². The normalized spacial score (nSPS) is 18.0. The van der Waals surface area contributed by atoms with E-state index in [9.17, 15) is 0 Å². The first-order valence-electron chi connectivity index (χ1n) is 8.91. The van der Waals surface area contributed by atoms with Crippen LogP contribution in [0, 0.1) is 0 Å². The van der Waals surface area contributed by atoms with Gasteiger partial charge in [0.1, 0.15) is 5.75 Å². The maximum atomic E-state index is 5.94. The molecular formula is C20H22N4O2. The Morgan fingerprint density at radius 1 is 1.12 bits per heavy atom. The van der Waals surface area contributed by atoms with E-state index in [1.165, 1.54) is 5.56 Å². The third-order valence-corrected chi connectivity index (χ3v) is 4.79. The SMILES string of the molecule is COc1ccc(CN2CCCC(c3nnc(-c4ccncc4)o3)C2)cc1. The number of benzene rings is 1. The van der Waals surface area contributed by atoms with Gasteiger partial charge in [-0.3, -0.25) is 9.88 Å². The first-order chi connectivity index (χ1) is 12.8. The number of piperidine rings is 1. The van der Waals surface area contributed by atoms with E-state index >= 15 is 0 Å². The molecule has 1 atom stereocenters. The van der Waals surface area contributed by atoms with E-state index < -0.39 is 0 Å². The largest absolute Gasteiger partial charge is 0.497 e. The van der Waals surface area contributed by atoms with Crippen LogP contribution in [0.1, 0.15) is 30.2 Å². The first kappa shape index (κ1) is 16.7. The minimum absolute atomic E-state index is 0.282. The van der Waals surface area contributed by atoms with Gasteiger partial charge in [-0.25, -0.2) is 0 Å². The van der Waals surface area contributed by atoms with E-state index in [4.69, 9.17) is 9.15 Å². The third kappa shape index (κ3) is 3.75. The fourth-order valence-electron chi connectivity index (χ4n) is 3.40. The summed E-state index contributed by atoms with van der Waals surface area (Å²) in [5.74, 6) is 2.47. The molecule has 2 aromatic heterocycles. The molecule has 0 bridgehead atoms. The average Bonchev–Trinajstić information content (AvgIpc) is 3.20. The molecule has 4 rings (SSSR count). The van der Waals surface area contributed by atoms with E-state index in [1.54, 1.807) is 19.5 Å². The third-order valence-electron chi connectivity index (χ3n) is 4.79. The van der Waals surface area contributed by atoms with Gasteiger partial charge in [0, 0.05) is 31.0 Å². The predicted octanol–water partition coefficient (Wildman–Crippen LogP) is 3.52. The molecule has 6 heteroatoms. The van der Waals surface area contributed by atoms with Crippen LogP contribution in [0.2, 0.25) is 0 Å². The topological polar surface area (TPSA) is 64.3 Å². The van der Waals surface area contributed by atoms with E-state index in [1.807, 2.05) is 24.3 Å². The molecule has 134 valence electrons. The summed E-state index contributed by atoms with van der Waals surface area (Å²) in [6, 6.07) is 12.0. The monoisotopic (exact) mass is 350 g/mol. The molecule has 1 saturated heterocycles. The highest BCUT2D eigenvalue weighted by molar-refractivity contribution is 5.50. The molecule has 0 saturated carbocycles. The standard InChI is InChI=1S/C20H22N4O2/c1-25-18-6-4-15(5-7-18)13-24-12-2-3-17(14-24)20-23-22-19(26-20)16-8-10-21-11-9-16/h4-11,17H,2-3,12-14H2,1H3. The van der Waals surface area contributed by atoms with Gasteiger partial charge in [0.15, 0.2) is 0 Å². The van der Waals surface area contributed by atoms with Crippen molar-refractivity contribution in [1.29, 1.82) is 0 Å². The molecule has 3 aromatic rings. The lowest BCUT2D eigenvalue weighted by atomic mass is 9.97. The number of rotatable bonds is 5. The number of hydrogen-bond donors (Lipinski definition) is 0. The van der Waals surface area contributed by atoms with Gasteiger partial charge >= 0.3 is 0 Å². The summed E-state index contributed by atoms with van der Waals surface area (Å²) in [4.78, 5) is 6.47. The lowest BCUT2D eigenvalue weighted by Gasteiger charge is -2.31. The highest BCUT2D eigenvalue weighted by Crippen LogP contribution is 2.29. The average molecular weight is 350 g/mol. The predicted molar refractivity (Wildman–Crippen MR) is 97.8 cm³/mol. The molecule has 0 N–H and O–H groups in total.